The first-order chi connectivity index (χ1) is 45.4. The average Bonchev–Trinajstić information content (AvgIpc) is 1.50. The largest absolute Gasteiger partial charge is 0.453 e. The fourth-order valence-electron chi connectivity index (χ4n) is 14.4. The Morgan fingerprint density at radius 2 is 0.604 bits per heavy atom. The van der Waals surface area contributed by atoms with Crippen molar-refractivity contribution in [2.24, 2.45) is 0 Å². The van der Waals surface area contributed by atoms with Crippen LogP contribution in [-0.2, 0) is 32.5 Å². The molecule has 96 heavy (non-hydrogen) atoms. The highest BCUT2D eigenvalue weighted by Crippen LogP contribution is 2.52. The lowest BCUT2D eigenvalue weighted by Gasteiger charge is -2.25. The van der Waals surface area contributed by atoms with Crippen molar-refractivity contribution >= 4 is 87.4 Å². The van der Waals surface area contributed by atoms with E-state index in [0.29, 0.717) is 45.2 Å². The number of fused-ring (bicyclic) bond motifs is 12. The van der Waals surface area contributed by atoms with Gasteiger partial charge in [0, 0.05) is 48.8 Å². The Kier molecular flexibility index (Phi) is 13.9. The van der Waals surface area contributed by atoms with Gasteiger partial charge in [0.1, 0.15) is 17.3 Å². The third kappa shape index (κ3) is 10.0. The molecule has 8 nitrogen and oxygen atoms in total. The number of para-hydroxylation sites is 1. The summed E-state index contributed by atoms with van der Waals surface area (Å²) in [6, 6.07) is 71.7. The Hall–Kier alpha value is -10.1. The maximum Gasteiger partial charge on any atom is 0.167 e. The van der Waals surface area contributed by atoms with Crippen LogP contribution in [0.15, 0.2) is 192 Å². The fourth-order valence-corrected chi connectivity index (χ4v) is 14.4. The molecule has 8 heteroatoms. The molecule has 10 aromatic carbocycles. The molecule has 0 amide bonds. The highest BCUT2D eigenvalue weighted by Gasteiger charge is 2.36. The zero-order valence-corrected chi connectivity index (χ0v) is 58.9. The number of hydrogen-bond acceptors (Lipinski definition) is 5. The van der Waals surface area contributed by atoms with Gasteiger partial charge in [0.05, 0.1) is 61.0 Å². The molecule has 0 saturated carbocycles. The van der Waals surface area contributed by atoms with Gasteiger partial charge in [-0.15, -0.1) is 0 Å². The van der Waals surface area contributed by atoms with Gasteiger partial charge < -0.3 is 18.1 Å². The summed E-state index contributed by atoms with van der Waals surface area (Å²) in [6.07, 6.45) is 0. The molecular formula is C88H85N7O. The third-order valence-corrected chi connectivity index (χ3v) is 20.1. The van der Waals surface area contributed by atoms with Crippen LogP contribution >= 0.6 is 0 Å². The van der Waals surface area contributed by atoms with Crippen LogP contribution in [0.2, 0.25) is 0 Å². The van der Waals surface area contributed by atoms with Gasteiger partial charge in [-0.1, -0.05) is 234 Å². The molecular weight excluding hydrogens is 1170 g/mol. The summed E-state index contributed by atoms with van der Waals surface area (Å²) in [4.78, 5) is 15.9. The average molecular weight is 1260 g/mol. The molecule has 0 aliphatic carbocycles. The number of nitriles is 1. The van der Waals surface area contributed by atoms with Crippen LogP contribution in [0, 0.1) is 11.3 Å². The van der Waals surface area contributed by atoms with E-state index in [9.17, 15) is 5.26 Å². The molecule has 478 valence electrons. The van der Waals surface area contributed by atoms with Crippen molar-refractivity contribution in [1.82, 2.24) is 28.7 Å². The van der Waals surface area contributed by atoms with E-state index in [2.05, 4.69) is 272 Å². The van der Waals surface area contributed by atoms with Gasteiger partial charge in [-0.25, -0.2) is 15.0 Å². The molecule has 0 N–H and O–H groups in total. The molecule has 0 fully saturated rings. The first-order valence-electron chi connectivity index (χ1n) is 34.0. The Morgan fingerprint density at radius 1 is 0.302 bits per heavy atom. The van der Waals surface area contributed by atoms with E-state index in [0.717, 1.165) is 99.0 Å². The van der Waals surface area contributed by atoms with E-state index in [4.69, 9.17) is 19.4 Å². The van der Waals surface area contributed by atoms with Gasteiger partial charge in [-0.2, -0.15) is 5.26 Å². The van der Waals surface area contributed by atoms with E-state index in [1.54, 1.807) is 0 Å². The van der Waals surface area contributed by atoms with Crippen molar-refractivity contribution in [3.05, 3.63) is 227 Å². The number of nitrogens with zero attached hydrogens (tertiary/aromatic N) is 7. The highest BCUT2D eigenvalue weighted by atomic mass is 16.3. The van der Waals surface area contributed by atoms with E-state index in [1.807, 2.05) is 60.7 Å². The SMILES string of the molecule is CC(C)(C)c1ccc2c(c1)c1cc(C(C)(C)C)ccc1n2-c1c(-n2c3ccc(C(C)(C)C)cc3c3cc(C(C)(C)C)ccc32)c(C#N)c2c(oc3c(-c4nc(-c5ccccc5)nc(-c5ccccc5)n4)cccc32)c1-n1c2ccc(C(C)(C)C)cc2c2cc(C(C)(C)C)ccc21. The molecule has 5 heterocycles. The number of benzene rings is 10. The molecule has 0 bridgehead atoms. The van der Waals surface area contributed by atoms with Crippen LogP contribution < -0.4 is 0 Å². The Labute approximate surface area is 563 Å². The van der Waals surface area contributed by atoms with Gasteiger partial charge in [0.25, 0.3) is 0 Å². The molecule has 0 saturated heterocycles. The first-order valence-corrected chi connectivity index (χ1v) is 34.0. The minimum absolute atomic E-state index is 0.160. The maximum atomic E-state index is 13.0. The summed E-state index contributed by atoms with van der Waals surface area (Å²) in [6.45, 7) is 41.3. The summed E-state index contributed by atoms with van der Waals surface area (Å²) in [5.74, 6) is 1.53. The lowest BCUT2D eigenvalue weighted by molar-refractivity contribution is 0.590. The monoisotopic (exact) mass is 1260 g/mol. The summed E-state index contributed by atoms with van der Waals surface area (Å²) in [5, 5.41) is 21.2. The summed E-state index contributed by atoms with van der Waals surface area (Å²) >= 11 is 0. The van der Waals surface area contributed by atoms with Gasteiger partial charge in [-0.3, -0.25) is 0 Å². The minimum Gasteiger partial charge on any atom is -0.453 e. The molecule has 5 aromatic heterocycles. The normalized spacial score (nSPS) is 13.1. The van der Waals surface area contributed by atoms with Crippen LogP contribution in [0.5, 0.6) is 0 Å². The lowest BCUT2D eigenvalue weighted by Crippen LogP contribution is -2.13. The zero-order valence-electron chi connectivity index (χ0n) is 58.9. The van der Waals surface area contributed by atoms with Crippen LogP contribution in [0.25, 0.3) is 139 Å². The molecule has 0 aliphatic rings. The number of hydrogen-bond donors (Lipinski definition) is 0. The van der Waals surface area contributed by atoms with Crippen LogP contribution in [0.3, 0.4) is 0 Å². The maximum absolute atomic E-state index is 13.0. The van der Waals surface area contributed by atoms with E-state index >= 15 is 0 Å². The molecule has 0 aliphatic heterocycles. The van der Waals surface area contributed by atoms with Crippen LogP contribution in [-0.4, -0.2) is 28.7 Å². The Morgan fingerprint density at radius 3 is 0.917 bits per heavy atom. The van der Waals surface area contributed by atoms with Gasteiger partial charge in [-0.05, 0) is 145 Å². The molecule has 15 rings (SSSR count). The molecule has 0 atom stereocenters. The minimum atomic E-state index is -0.163. The van der Waals surface area contributed by atoms with Crippen molar-refractivity contribution in [1.29, 1.82) is 5.26 Å². The summed E-state index contributed by atoms with van der Waals surface area (Å²) in [7, 11) is 0. The number of rotatable bonds is 6. The topological polar surface area (TPSA) is 90.4 Å². The quantitative estimate of drug-likeness (QED) is 0.165. The second-order valence-corrected chi connectivity index (χ2v) is 33.0. The highest BCUT2D eigenvalue weighted by molar-refractivity contribution is 6.21. The van der Waals surface area contributed by atoms with E-state index in [-0.39, 0.29) is 32.5 Å². The summed E-state index contributed by atoms with van der Waals surface area (Å²) in [5.41, 5.74) is 18.8. The van der Waals surface area contributed by atoms with E-state index < -0.39 is 0 Å². The van der Waals surface area contributed by atoms with Crippen molar-refractivity contribution in [2.45, 2.75) is 157 Å². The van der Waals surface area contributed by atoms with Gasteiger partial charge in [0.2, 0.25) is 0 Å². The molecule has 15 aromatic rings. The van der Waals surface area contributed by atoms with Crippen molar-refractivity contribution < 1.29 is 4.42 Å². The van der Waals surface area contributed by atoms with Gasteiger partial charge >= 0.3 is 0 Å². The van der Waals surface area contributed by atoms with Crippen molar-refractivity contribution in [3.8, 4) is 57.3 Å². The second kappa shape index (κ2) is 21.5. The molecule has 0 radical (unpaired) electrons. The number of furan rings is 1. The Balaban J connectivity index is 1.24. The standard InChI is InChI=1S/C88H85N7O/c1-83(2,3)53-32-38-68-61(44-53)62-45-54(84(4,5)6)33-39-69(62)93(68)75-67(50-89)74-59-30-25-31-60(82-91-80(51-26-21-19-22-27-51)90-81(92-82)52-28-23-20-24-29-52)78(59)96-79(74)77(95-72-42-36-57(87(13,14)15)48-65(72)66-49-58(88(16,17)18)37-43-73(66)95)76(75)94-70-40-34-55(85(7,8)9)46-63(70)64-47-56(86(10,11)12)35-41-71(64)94/h19-49H,1-18H3. The molecule has 0 unspecified atom stereocenters. The van der Waals surface area contributed by atoms with Crippen molar-refractivity contribution in [2.75, 3.05) is 0 Å². The number of aromatic nitrogens is 6. The third-order valence-electron chi connectivity index (χ3n) is 20.1. The molecule has 0 spiro atoms. The lowest BCUT2D eigenvalue weighted by atomic mass is 9.85. The zero-order chi connectivity index (χ0) is 67.7. The fraction of sp³-hybridized carbons (Fsp3) is 0.273. The van der Waals surface area contributed by atoms with Crippen LogP contribution in [0.4, 0.5) is 0 Å². The first kappa shape index (κ1) is 62.0. The summed E-state index contributed by atoms with van der Waals surface area (Å²) < 4.78 is 15.4. The predicted molar refractivity (Wildman–Crippen MR) is 403 cm³/mol. The smallest absolute Gasteiger partial charge is 0.167 e. The van der Waals surface area contributed by atoms with Gasteiger partial charge in [0.15, 0.2) is 23.1 Å². The van der Waals surface area contributed by atoms with Crippen LogP contribution in [0.1, 0.15) is 164 Å². The Bertz CT molecular complexity index is 5490. The van der Waals surface area contributed by atoms with Crippen molar-refractivity contribution in [3.63, 3.8) is 0 Å². The second-order valence-electron chi connectivity index (χ2n) is 33.0. The predicted octanol–water partition coefficient (Wildman–Crippen LogP) is 23.7. The van der Waals surface area contributed by atoms with E-state index in [1.165, 1.54) is 33.4 Å².